The largest absolute Gasteiger partial charge is 0.343 e. The van der Waals surface area contributed by atoms with Crippen molar-refractivity contribution in [1.29, 1.82) is 0 Å². The van der Waals surface area contributed by atoms with Crippen LogP contribution in [0.1, 0.15) is 33.1 Å². The van der Waals surface area contributed by atoms with Crippen molar-refractivity contribution in [3.05, 3.63) is 0 Å². The zero-order chi connectivity index (χ0) is 10.6. The zero-order valence-corrected chi connectivity index (χ0v) is 9.55. The highest BCUT2D eigenvalue weighted by Crippen LogP contribution is 2.12. The number of nitrogens with one attached hydrogen (secondary N) is 1. The SMILES string of the molecule is CNC1CCN(C(=O)CC(C)C)CC1. The maximum atomic E-state index is 11.7. The van der Waals surface area contributed by atoms with Crippen LogP contribution in [0.3, 0.4) is 0 Å². The minimum absolute atomic E-state index is 0.328. The Morgan fingerprint density at radius 3 is 2.43 bits per heavy atom. The van der Waals surface area contributed by atoms with Gasteiger partial charge in [-0.2, -0.15) is 0 Å². The lowest BCUT2D eigenvalue weighted by atomic mass is 10.0. The summed E-state index contributed by atoms with van der Waals surface area (Å²) in [5, 5.41) is 3.27. The molecule has 0 radical (unpaired) electrons. The van der Waals surface area contributed by atoms with Crippen molar-refractivity contribution in [1.82, 2.24) is 10.2 Å². The number of carbonyl (C=O) groups excluding carboxylic acids is 1. The molecule has 1 rings (SSSR count). The van der Waals surface area contributed by atoms with Crippen molar-refractivity contribution >= 4 is 5.91 Å². The minimum Gasteiger partial charge on any atom is -0.343 e. The molecular formula is C11H22N2O. The number of piperidine rings is 1. The lowest BCUT2D eigenvalue weighted by Crippen LogP contribution is -2.44. The Kier molecular flexibility index (Phi) is 4.39. The molecule has 0 spiro atoms. The first kappa shape index (κ1) is 11.5. The number of carbonyl (C=O) groups is 1. The van der Waals surface area contributed by atoms with Crippen LogP contribution in [0, 0.1) is 5.92 Å². The summed E-state index contributed by atoms with van der Waals surface area (Å²) in [5.74, 6) is 0.805. The van der Waals surface area contributed by atoms with Gasteiger partial charge in [-0.15, -0.1) is 0 Å². The van der Waals surface area contributed by atoms with Crippen molar-refractivity contribution in [2.75, 3.05) is 20.1 Å². The fourth-order valence-electron chi connectivity index (χ4n) is 1.90. The van der Waals surface area contributed by atoms with E-state index in [0.29, 0.717) is 24.3 Å². The van der Waals surface area contributed by atoms with Crippen LogP contribution in [0.5, 0.6) is 0 Å². The van der Waals surface area contributed by atoms with Gasteiger partial charge >= 0.3 is 0 Å². The number of hydrogen-bond acceptors (Lipinski definition) is 2. The molecule has 0 saturated carbocycles. The van der Waals surface area contributed by atoms with Gasteiger partial charge in [0.15, 0.2) is 0 Å². The Bertz CT molecular complexity index is 184. The molecule has 1 saturated heterocycles. The first-order chi connectivity index (χ1) is 6.63. The summed E-state index contributed by atoms with van der Waals surface area (Å²) in [6.07, 6.45) is 2.89. The number of hydrogen-bond donors (Lipinski definition) is 1. The highest BCUT2D eigenvalue weighted by Gasteiger charge is 2.21. The van der Waals surface area contributed by atoms with Crippen molar-refractivity contribution in [3.8, 4) is 0 Å². The first-order valence-electron chi connectivity index (χ1n) is 5.58. The first-order valence-corrected chi connectivity index (χ1v) is 5.58. The van der Waals surface area contributed by atoms with Gasteiger partial charge in [-0.3, -0.25) is 4.79 Å². The van der Waals surface area contributed by atoms with E-state index in [1.807, 2.05) is 11.9 Å². The Hall–Kier alpha value is -0.570. The standard InChI is InChI=1S/C11H22N2O/c1-9(2)8-11(14)13-6-4-10(12-3)5-7-13/h9-10,12H,4-8H2,1-3H3. The summed E-state index contributed by atoms with van der Waals surface area (Å²) in [6.45, 7) is 6.05. The predicted molar refractivity (Wildman–Crippen MR) is 58.1 cm³/mol. The normalized spacial score (nSPS) is 19.0. The Morgan fingerprint density at radius 2 is 2.00 bits per heavy atom. The Labute approximate surface area is 86.9 Å². The molecule has 0 aliphatic carbocycles. The molecule has 1 N–H and O–H groups in total. The molecule has 1 aliphatic heterocycles. The van der Waals surface area contributed by atoms with Crippen molar-refractivity contribution in [2.24, 2.45) is 5.92 Å². The fourth-order valence-corrected chi connectivity index (χ4v) is 1.90. The summed E-state index contributed by atoms with van der Waals surface area (Å²) in [4.78, 5) is 13.7. The van der Waals surface area contributed by atoms with Crippen molar-refractivity contribution in [3.63, 3.8) is 0 Å². The molecule has 1 aliphatic rings. The zero-order valence-electron chi connectivity index (χ0n) is 9.55. The topological polar surface area (TPSA) is 32.3 Å². The van der Waals surface area contributed by atoms with Crippen LogP contribution in [0.2, 0.25) is 0 Å². The van der Waals surface area contributed by atoms with Crippen molar-refractivity contribution in [2.45, 2.75) is 39.2 Å². The van der Waals surface area contributed by atoms with Crippen LogP contribution in [-0.4, -0.2) is 37.0 Å². The van der Waals surface area contributed by atoms with Gasteiger partial charge in [-0.25, -0.2) is 0 Å². The quantitative estimate of drug-likeness (QED) is 0.740. The van der Waals surface area contributed by atoms with E-state index in [-0.39, 0.29) is 0 Å². The molecule has 3 heteroatoms. The van der Waals surface area contributed by atoms with E-state index < -0.39 is 0 Å². The van der Waals surface area contributed by atoms with Crippen LogP contribution < -0.4 is 5.32 Å². The lowest BCUT2D eigenvalue weighted by molar-refractivity contribution is -0.133. The number of rotatable bonds is 3. The van der Waals surface area contributed by atoms with Crippen LogP contribution in [0.25, 0.3) is 0 Å². The van der Waals surface area contributed by atoms with E-state index in [0.717, 1.165) is 25.9 Å². The second-order valence-electron chi connectivity index (χ2n) is 4.54. The molecule has 82 valence electrons. The van der Waals surface area contributed by atoms with Gasteiger partial charge in [-0.05, 0) is 25.8 Å². The summed E-state index contributed by atoms with van der Waals surface area (Å²) < 4.78 is 0. The minimum atomic E-state index is 0.328. The average molecular weight is 198 g/mol. The maximum Gasteiger partial charge on any atom is 0.222 e. The van der Waals surface area contributed by atoms with Gasteiger partial charge in [-0.1, -0.05) is 13.8 Å². The second-order valence-corrected chi connectivity index (χ2v) is 4.54. The number of likely N-dealkylation sites (tertiary alicyclic amines) is 1. The van der Waals surface area contributed by atoms with E-state index in [1.54, 1.807) is 0 Å². The van der Waals surface area contributed by atoms with Gasteiger partial charge in [0, 0.05) is 25.6 Å². The van der Waals surface area contributed by atoms with Gasteiger partial charge in [0.25, 0.3) is 0 Å². The van der Waals surface area contributed by atoms with Gasteiger partial charge in [0.2, 0.25) is 5.91 Å². The molecule has 0 unspecified atom stereocenters. The number of nitrogens with zero attached hydrogens (tertiary/aromatic N) is 1. The van der Waals surface area contributed by atoms with Gasteiger partial charge < -0.3 is 10.2 Å². The second kappa shape index (κ2) is 5.35. The summed E-state index contributed by atoms with van der Waals surface area (Å²) in [5.41, 5.74) is 0. The Morgan fingerprint density at radius 1 is 1.43 bits per heavy atom. The van der Waals surface area contributed by atoms with Crippen LogP contribution in [-0.2, 0) is 4.79 Å². The lowest BCUT2D eigenvalue weighted by Gasteiger charge is -2.32. The van der Waals surface area contributed by atoms with E-state index >= 15 is 0 Å². The van der Waals surface area contributed by atoms with Gasteiger partial charge in [0.1, 0.15) is 0 Å². The highest BCUT2D eigenvalue weighted by atomic mass is 16.2. The van der Waals surface area contributed by atoms with E-state index in [1.165, 1.54) is 0 Å². The molecule has 1 heterocycles. The molecule has 0 aromatic carbocycles. The Balaban J connectivity index is 2.30. The van der Waals surface area contributed by atoms with Crippen LogP contribution >= 0.6 is 0 Å². The van der Waals surface area contributed by atoms with Crippen LogP contribution in [0.4, 0.5) is 0 Å². The van der Waals surface area contributed by atoms with E-state index in [4.69, 9.17) is 0 Å². The molecule has 0 atom stereocenters. The fraction of sp³-hybridized carbons (Fsp3) is 0.909. The van der Waals surface area contributed by atoms with E-state index in [2.05, 4.69) is 19.2 Å². The molecule has 0 bridgehead atoms. The average Bonchev–Trinajstić information content (AvgIpc) is 2.17. The molecule has 1 amide bonds. The third-order valence-electron chi connectivity index (χ3n) is 2.84. The smallest absolute Gasteiger partial charge is 0.222 e. The molecule has 0 aromatic rings. The molecule has 3 nitrogen and oxygen atoms in total. The van der Waals surface area contributed by atoms with E-state index in [9.17, 15) is 4.79 Å². The molecular weight excluding hydrogens is 176 g/mol. The summed E-state index contributed by atoms with van der Waals surface area (Å²) in [6, 6.07) is 0.609. The van der Waals surface area contributed by atoms with Crippen LogP contribution in [0.15, 0.2) is 0 Å². The summed E-state index contributed by atoms with van der Waals surface area (Å²) >= 11 is 0. The monoisotopic (exact) mass is 198 g/mol. The predicted octanol–water partition coefficient (Wildman–Crippen LogP) is 1.24. The molecule has 14 heavy (non-hydrogen) atoms. The highest BCUT2D eigenvalue weighted by molar-refractivity contribution is 5.76. The third-order valence-corrected chi connectivity index (χ3v) is 2.84. The number of amides is 1. The maximum absolute atomic E-state index is 11.7. The van der Waals surface area contributed by atoms with Gasteiger partial charge in [0.05, 0.1) is 0 Å². The molecule has 0 aromatic heterocycles. The summed E-state index contributed by atoms with van der Waals surface area (Å²) in [7, 11) is 2.00. The third kappa shape index (κ3) is 3.29. The van der Waals surface area contributed by atoms with Crippen molar-refractivity contribution < 1.29 is 4.79 Å². The molecule has 1 fully saturated rings.